The fraction of sp³-hybridized carbons (Fsp3) is 0.263. The van der Waals surface area contributed by atoms with Crippen LogP contribution in [0.1, 0.15) is 23.1 Å². The predicted octanol–water partition coefficient (Wildman–Crippen LogP) is 3.22. The van der Waals surface area contributed by atoms with Crippen molar-refractivity contribution in [2.75, 3.05) is 6.61 Å². The lowest BCUT2D eigenvalue weighted by Gasteiger charge is -2.11. The van der Waals surface area contributed by atoms with E-state index in [9.17, 15) is 9.59 Å². The topological polar surface area (TPSA) is 67.4 Å². The van der Waals surface area contributed by atoms with Crippen LogP contribution in [-0.4, -0.2) is 18.4 Å². The molecule has 0 saturated heterocycles. The van der Waals surface area contributed by atoms with Crippen LogP contribution in [-0.2, 0) is 16.0 Å². The van der Waals surface area contributed by atoms with Crippen LogP contribution in [0.3, 0.4) is 0 Å². The number of rotatable bonds is 6. The van der Waals surface area contributed by atoms with Crippen LogP contribution in [0.4, 0.5) is 0 Å². The van der Waals surface area contributed by atoms with Gasteiger partial charge in [-0.3, -0.25) is 20.4 Å². The number of nitrogens with one attached hydrogen (secondary N) is 2. The number of aryl methyl sites for hydroxylation is 3. The highest BCUT2D eigenvalue weighted by atomic mass is 79.9. The lowest BCUT2D eigenvalue weighted by Crippen LogP contribution is -2.43. The van der Waals surface area contributed by atoms with E-state index in [4.69, 9.17) is 4.74 Å². The molecule has 5 nitrogen and oxygen atoms in total. The molecule has 25 heavy (non-hydrogen) atoms. The van der Waals surface area contributed by atoms with Gasteiger partial charge in [0.25, 0.3) is 5.91 Å². The quantitative estimate of drug-likeness (QED) is 0.726. The highest BCUT2D eigenvalue weighted by molar-refractivity contribution is 9.10. The third kappa shape index (κ3) is 6.58. The Morgan fingerprint density at radius 3 is 2.56 bits per heavy atom. The fourth-order valence-corrected chi connectivity index (χ4v) is 2.64. The van der Waals surface area contributed by atoms with Crippen molar-refractivity contribution in [2.45, 2.75) is 26.7 Å². The second kappa shape index (κ2) is 9.22. The number of hydrogen-bond acceptors (Lipinski definition) is 3. The minimum Gasteiger partial charge on any atom is -0.483 e. The van der Waals surface area contributed by atoms with Gasteiger partial charge in [-0.1, -0.05) is 40.2 Å². The molecule has 2 N–H and O–H groups in total. The third-order valence-corrected chi connectivity index (χ3v) is 4.07. The minimum atomic E-state index is -0.406. The van der Waals surface area contributed by atoms with E-state index >= 15 is 0 Å². The molecule has 0 unspecified atom stereocenters. The van der Waals surface area contributed by atoms with Gasteiger partial charge in [-0.05, 0) is 55.2 Å². The summed E-state index contributed by atoms with van der Waals surface area (Å²) in [5.74, 6) is 0.00732. The van der Waals surface area contributed by atoms with Crippen molar-refractivity contribution < 1.29 is 14.3 Å². The number of hydrogen-bond donors (Lipinski definition) is 2. The zero-order chi connectivity index (χ0) is 18.2. The molecule has 0 atom stereocenters. The summed E-state index contributed by atoms with van der Waals surface area (Å²) in [7, 11) is 0. The van der Waals surface area contributed by atoms with Crippen molar-refractivity contribution in [1.82, 2.24) is 10.9 Å². The zero-order valence-corrected chi connectivity index (χ0v) is 15.9. The number of halogens is 1. The number of carbonyl (C=O) groups excluding carboxylic acids is 2. The Bertz CT molecular complexity index is 762. The first-order valence-electron chi connectivity index (χ1n) is 7.96. The van der Waals surface area contributed by atoms with Crippen LogP contribution in [0.25, 0.3) is 0 Å². The molecular formula is C19H21BrN2O3. The van der Waals surface area contributed by atoms with Crippen molar-refractivity contribution in [3.63, 3.8) is 0 Å². The third-order valence-electron chi connectivity index (χ3n) is 3.57. The molecule has 0 radical (unpaired) electrons. The summed E-state index contributed by atoms with van der Waals surface area (Å²) >= 11 is 3.39. The Hall–Kier alpha value is -2.34. The van der Waals surface area contributed by atoms with Gasteiger partial charge in [0.15, 0.2) is 6.61 Å². The molecule has 0 fully saturated rings. The van der Waals surface area contributed by atoms with E-state index in [2.05, 4.69) is 26.8 Å². The lowest BCUT2D eigenvalue weighted by molar-refractivity contribution is -0.130. The molecule has 2 aromatic carbocycles. The maximum Gasteiger partial charge on any atom is 0.276 e. The predicted molar refractivity (Wildman–Crippen MR) is 100 cm³/mol. The fourth-order valence-electron chi connectivity index (χ4n) is 2.19. The van der Waals surface area contributed by atoms with Crippen molar-refractivity contribution >= 4 is 27.7 Å². The van der Waals surface area contributed by atoms with E-state index in [1.54, 1.807) is 0 Å². The van der Waals surface area contributed by atoms with E-state index in [0.717, 1.165) is 21.2 Å². The van der Waals surface area contributed by atoms with Gasteiger partial charge in [0, 0.05) is 10.9 Å². The van der Waals surface area contributed by atoms with Crippen LogP contribution in [0.5, 0.6) is 5.75 Å². The van der Waals surface area contributed by atoms with Gasteiger partial charge in [-0.2, -0.15) is 0 Å². The second-order valence-electron chi connectivity index (χ2n) is 5.78. The highest BCUT2D eigenvalue weighted by Crippen LogP contribution is 2.18. The monoisotopic (exact) mass is 404 g/mol. The summed E-state index contributed by atoms with van der Waals surface area (Å²) in [6.45, 7) is 3.71. The second-order valence-corrected chi connectivity index (χ2v) is 6.70. The summed E-state index contributed by atoms with van der Waals surface area (Å²) in [4.78, 5) is 23.6. The molecule has 0 aliphatic heterocycles. The molecule has 6 heteroatoms. The van der Waals surface area contributed by atoms with Gasteiger partial charge in [0.2, 0.25) is 5.91 Å². The average molecular weight is 405 g/mol. The maximum atomic E-state index is 11.8. The number of hydrazine groups is 1. The first-order chi connectivity index (χ1) is 11.9. The van der Waals surface area contributed by atoms with Gasteiger partial charge in [-0.25, -0.2) is 0 Å². The Kier molecular flexibility index (Phi) is 7.01. The summed E-state index contributed by atoms with van der Waals surface area (Å²) < 4.78 is 6.46. The number of benzene rings is 2. The standard InChI is InChI=1S/C19H21BrN2O3/c1-13-6-7-14(2)17(10-13)25-12-19(24)22-21-18(23)9-8-15-4-3-5-16(20)11-15/h3-7,10-11H,8-9,12H2,1-2H3,(H,21,23)(H,22,24). The number of carbonyl (C=O) groups is 2. The molecule has 0 aliphatic rings. The van der Waals surface area contributed by atoms with Crippen LogP contribution in [0, 0.1) is 13.8 Å². The van der Waals surface area contributed by atoms with E-state index in [1.807, 2.05) is 56.3 Å². The smallest absolute Gasteiger partial charge is 0.276 e. The molecular weight excluding hydrogens is 384 g/mol. The Labute approximate surface area is 155 Å². The first kappa shape index (κ1) is 19.0. The molecule has 0 heterocycles. The van der Waals surface area contributed by atoms with Gasteiger partial charge < -0.3 is 4.74 Å². The summed E-state index contributed by atoms with van der Waals surface area (Å²) in [6.07, 6.45) is 0.884. The molecule has 2 amide bonds. The van der Waals surface area contributed by atoms with Crippen LogP contribution < -0.4 is 15.6 Å². The number of ether oxygens (including phenoxy) is 1. The molecule has 0 aromatic heterocycles. The van der Waals surface area contributed by atoms with Gasteiger partial charge in [-0.15, -0.1) is 0 Å². The average Bonchev–Trinajstić information content (AvgIpc) is 2.59. The van der Waals surface area contributed by atoms with Crippen LogP contribution >= 0.6 is 15.9 Å². The molecule has 0 bridgehead atoms. The first-order valence-corrected chi connectivity index (χ1v) is 8.75. The SMILES string of the molecule is Cc1ccc(C)c(OCC(=O)NNC(=O)CCc2cccc(Br)c2)c1. The van der Waals surface area contributed by atoms with E-state index in [-0.39, 0.29) is 18.9 Å². The molecule has 2 aromatic rings. The summed E-state index contributed by atoms with van der Waals surface area (Å²) in [5.41, 5.74) is 7.82. The van der Waals surface area contributed by atoms with Crippen molar-refractivity contribution in [3.8, 4) is 5.75 Å². The van der Waals surface area contributed by atoms with Crippen LogP contribution in [0.2, 0.25) is 0 Å². The van der Waals surface area contributed by atoms with E-state index < -0.39 is 5.91 Å². The highest BCUT2D eigenvalue weighted by Gasteiger charge is 2.07. The largest absolute Gasteiger partial charge is 0.483 e. The Morgan fingerprint density at radius 2 is 1.80 bits per heavy atom. The summed E-state index contributed by atoms with van der Waals surface area (Å²) in [6, 6.07) is 13.6. The normalized spacial score (nSPS) is 10.2. The van der Waals surface area contributed by atoms with E-state index in [1.165, 1.54) is 0 Å². The maximum absolute atomic E-state index is 11.8. The molecule has 132 valence electrons. The van der Waals surface area contributed by atoms with Gasteiger partial charge >= 0.3 is 0 Å². The Morgan fingerprint density at radius 1 is 1.04 bits per heavy atom. The van der Waals surface area contributed by atoms with Crippen molar-refractivity contribution in [1.29, 1.82) is 0 Å². The minimum absolute atomic E-state index is 0.157. The Balaban J connectivity index is 1.70. The molecule has 0 spiro atoms. The van der Waals surface area contributed by atoms with Crippen LogP contribution in [0.15, 0.2) is 46.9 Å². The van der Waals surface area contributed by atoms with E-state index in [0.29, 0.717) is 12.2 Å². The number of amides is 2. The lowest BCUT2D eigenvalue weighted by atomic mass is 10.1. The zero-order valence-electron chi connectivity index (χ0n) is 14.3. The van der Waals surface area contributed by atoms with Crippen molar-refractivity contribution in [2.24, 2.45) is 0 Å². The van der Waals surface area contributed by atoms with Crippen molar-refractivity contribution in [3.05, 3.63) is 63.6 Å². The molecule has 0 saturated carbocycles. The molecule has 2 rings (SSSR count). The summed E-state index contributed by atoms with van der Waals surface area (Å²) in [5, 5.41) is 0. The van der Waals surface area contributed by atoms with Gasteiger partial charge in [0.1, 0.15) is 5.75 Å². The van der Waals surface area contributed by atoms with Gasteiger partial charge in [0.05, 0.1) is 0 Å². The molecule has 0 aliphatic carbocycles.